The summed E-state index contributed by atoms with van der Waals surface area (Å²) < 4.78 is 9.92. The number of benzene rings is 1. The summed E-state index contributed by atoms with van der Waals surface area (Å²) in [5.41, 5.74) is 8.93. The van der Waals surface area contributed by atoms with Gasteiger partial charge in [0.15, 0.2) is 6.04 Å². The summed E-state index contributed by atoms with van der Waals surface area (Å²) in [5.74, 6) is -1.56. The average molecular weight is 291 g/mol. The zero-order valence-corrected chi connectivity index (χ0v) is 12.1. The molecule has 0 aliphatic heterocycles. The largest absolute Gasteiger partial charge is 0.469 e. The van der Waals surface area contributed by atoms with E-state index in [1.807, 2.05) is 0 Å². The molecule has 0 bridgehead atoms. The Morgan fingerprint density at radius 3 is 2.33 bits per heavy atom. The van der Waals surface area contributed by atoms with E-state index in [9.17, 15) is 9.59 Å². The molecule has 0 saturated carbocycles. The van der Waals surface area contributed by atoms with E-state index in [1.54, 1.807) is 44.2 Å². The molecule has 0 saturated heterocycles. The number of hydrogen-bond acceptors (Lipinski definition) is 5. The van der Waals surface area contributed by atoms with E-state index < -0.39 is 24.1 Å². The van der Waals surface area contributed by atoms with Crippen LogP contribution >= 0.6 is 0 Å². The van der Waals surface area contributed by atoms with Crippen molar-refractivity contribution >= 4 is 11.9 Å². The Labute approximate surface area is 122 Å². The van der Waals surface area contributed by atoms with Crippen LogP contribution in [0.25, 0.3) is 10.4 Å². The second-order valence-electron chi connectivity index (χ2n) is 4.65. The molecule has 7 heteroatoms. The van der Waals surface area contributed by atoms with Crippen LogP contribution in [0.1, 0.15) is 24.2 Å². The molecule has 0 unspecified atom stereocenters. The van der Waals surface area contributed by atoms with Crippen LogP contribution in [0.4, 0.5) is 0 Å². The summed E-state index contributed by atoms with van der Waals surface area (Å²) in [7, 11) is 1.18. The Balaban J connectivity index is 2.98. The molecule has 0 amide bonds. The highest BCUT2D eigenvalue weighted by Crippen LogP contribution is 2.18. The van der Waals surface area contributed by atoms with E-state index in [-0.39, 0.29) is 5.92 Å². The van der Waals surface area contributed by atoms with Gasteiger partial charge >= 0.3 is 11.9 Å². The zero-order chi connectivity index (χ0) is 15.8. The maximum atomic E-state index is 12.1. The fourth-order valence-corrected chi connectivity index (χ4v) is 1.75. The van der Waals surface area contributed by atoms with Gasteiger partial charge in [0.25, 0.3) is 0 Å². The van der Waals surface area contributed by atoms with Gasteiger partial charge in [-0.25, -0.2) is 4.79 Å². The minimum absolute atomic E-state index is 0.229. The average Bonchev–Trinajstić information content (AvgIpc) is 2.50. The van der Waals surface area contributed by atoms with Gasteiger partial charge in [-0.2, -0.15) is 0 Å². The van der Waals surface area contributed by atoms with Crippen molar-refractivity contribution in [3.05, 3.63) is 46.3 Å². The van der Waals surface area contributed by atoms with Crippen molar-refractivity contribution in [3.63, 3.8) is 0 Å². The van der Waals surface area contributed by atoms with E-state index in [0.29, 0.717) is 5.56 Å². The van der Waals surface area contributed by atoms with E-state index >= 15 is 0 Å². The molecule has 1 aromatic rings. The number of methoxy groups -OCH3 is 1. The summed E-state index contributed by atoms with van der Waals surface area (Å²) >= 11 is 0. The Morgan fingerprint density at radius 1 is 1.24 bits per heavy atom. The molecule has 0 heterocycles. The lowest BCUT2D eigenvalue weighted by Crippen LogP contribution is -2.40. The topological polar surface area (TPSA) is 101 Å². The molecule has 21 heavy (non-hydrogen) atoms. The van der Waals surface area contributed by atoms with Gasteiger partial charge in [0.1, 0.15) is 6.10 Å². The highest BCUT2D eigenvalue weighted by molar-refractivity contribution is 5.89. The fourth-order valence-electron chi connectivity index (χ4n) is 1.75. The van der Waals surface area contributed by atoms with Crippen LogP contribution in [0.15, 0.2) is 35.4 Å². The van der Waals surface area contributed by atoms with Gasteiger partial charge < -0.3 is 9.47 Å². The number of nitrogens with zero attached hydrogens (tertiary/aromatic N) is 3. The van der Waals surface area contributed by atoms with Crippen LogP contribution in [-0.4, -0.2) is 31.2 Å². The smallest absolute Gasteiger partial charge is 0.338 e. The zero-order valence-electron chi connectivity index (χ0n) is 12.1. The third-order valence-electron chi connectivity index (χ3n) is 2.84. The first-order valence-electron chi connectivity index (χ1n) is 6.39. The molecule has 0 fully saturated rings. The third kappa shape index (κ3) is 4.50. The quantitative estimate of drug-likeness (QED) is 0.348. The van der Waals surface area contributed by atoms with Crippen molar-refractivity contribution < 1.29 is 19.1 Å². The van der Waals surface area contributed by atoms with Gasteiger partial charge in [-0.1, -0.05) is 37.2 Å². The normalized spacial score (nSPS) is 13.0. The van der Waals surface area contributed by atoms with Gasteiger partial charge in [-0.15, -0.1) is 0 Å². The molecule has 7 nitrogen and oxygen atoms in total. The van der Waals surface area contributed by atoms with E-state index in [4.69, 9.17) is 10.3 Å². The van der Waals surface area contributed by atoms with Crippen molar-refractivity contribution in [2.45, 2.75) is 26.0 Å². The van der Waals surface area contributed by atoms with Crippen LogP contribution in [0, 0.1) is 5.92 Å². The lowest BCUT2D eigenvalue weighted by molar-refractivity contribution is -0.145. The molecule has 0 radical (unpaired) electrons. The predicted octanol–water partition coefficient (Wildman–Crippen LogP) is 2.72. The molecule has 0 N–H and O–H groups in total. The van der Waals surface area contributed by atoms with Gasteiger partial charge in [-0.05, 0) is 23.6 Å². The first-order valence-corrected chi connectivity index (χ1v) is 6.39. The van der Waals surface area contributed by atoms with E-state index in [0.717, 1.165) is 0 Å². The van der Waals surface area contributed by atoms with Gasteiger partial charge in [0.05, 0.1) is 12.7 Å². The highest BCUT2D eigenvalue weighted by atomic mass is 16.6. The maximum Gasteiger partial charge on any atom is 0.338 e. The molecule has 0 aromatic heterocycles. The number of carbonyl (C=O) groups is 2. The molecular formula is C14H17N3O4. The lowest BCUT2D eigenvalue weighted by atomic mass is 10.00. The minimum Gasteiger partial charge on any atom is -0.469 e. The summed E-state index contributed by atoms with van der Waals surface area (Å²) in [6.07, 6.45) is -0.902. The minimum atomic E-state index is -1.22. The highest BCUT2D eigenvalue weighted by Gasteiger charge is 2.34. The van der Waals surface area contributed by atoms with Crippen molar-refractivity contribution in [1.82, 2.24) is 0 Å². The molecule has 0 spiro atoms. The number of rotatable bonds is 6. The second-order valence-corrected chi connectivity index (χ2v) is 4.65. The number of ether oxygens (including phenoxy) is 2. The Hall–Kier alpha value is -2.53. The maximum absolute atomic E-state index is 12.1. The fraction of sp³-hybridized carbons (Fsp3) is 0.429. The lowest BCUT2D eigenvalue weighted by Gasteiger charge is -2.25. The van der Waals surface area contributed by atoms with Crippen molar-refractivity contribution in [3.8, 4) is 0 Å². The molecule has 0 aliphatic rings. The Kier molecular flexibility index (Phi) is 6.23. The van der Waals surface area contributed by atoms with Gasteiger partial charge in [0.2, 0.25) is 0 Å². The summed E-state index contributed by atoms with van der Waals surface area (Å²) in [6.45, 7) is 3.51. The molecule has 1 aromatic carbocycles. The Morgan fingerprint density at radius 2 is 1.86 bits per heavy atom. The van der Waals surface area contributed by atoms with Crippen molar-refractivity contribution in [2.75, 3.05) is 7.11 Å². The summed E-state index contributed by atoms with van der Waals surface area (Å²) in [6, 6.07) is 7.15. The van der Waals surface area contributed by atoms with Crippen LogP contribution in [0.3, 0.4) is 0 Å². The number of carbonyl (C=O) groups excluding carboxylic acids is 2. The van der Waals surface area contributed by atoms with E-state index in [2.05, 4.69) is 14.8 Å². The SMILES string of the molecule is COC(=O)[C@H](N=[N+]=[N-])[C@@H](OC(=O)c1ccccc1)C(C)C. The first-order chi connectivity index (χ1) is 10.0. The molecule has 112 valence electrons. The van der Waals surface area contributed by atoms with Gasteiger partial charge in [-0.3, -0.25) is 4.79 Å². The number of azide groups is 1. The van der Waals surface area contributed by atoms with Crippen LogP contribution in [0.5, 0.6) is 0 Å². The molecule has 1 rings (SSSR count). The number of hydrogen-bond donors (Lipinski definition) is 0. The molecule has 0 aliphatic carbocycles. The molecule has 2 atom stereocenters. The van der Waals surface area contributed by atoms with E-state index in [1.165, 1.54) is 7.11 Å². The molecular weight excluding hydrogens is 274 g/mol. The number of esters is 2. The second kappa shape index (κ2) is 7.91. The predicted molar refractivity (Wildman–Crippen MR) is 75.4 cm³/mol. The van der Waals surface area contributed by atoms with Crippen molar-refractivity contribution in [2.24, 2.45) is 11.0 Å². The monoisotopic (exact) mass is 291 g/mol. The summed E-state index contributed by atoms with van der Waals surface area (Å²) in [4.78, 5) is 26.4. The van der Waals surface area contributed by atoms with Crippen LogP contribution in [-0.2, 0) is 14.3 Å². The van der Waals surface area contributed by atoms with Gasteiger partial charge in [0, 0.05) is 4.91 Å². The van der Waals surface area contributed by atoms with Crippen molar-refractivity contribution in [1.29, 1.82) is 0 Å². The van der Waals surface area contributed by atoms with Crippen LogP contribution < -0.4 is 0 Å². The third-order valence-corrected chi connectivity index (χ3v) is 2.84. The first kappa shape index (κ1) is 16.5. The summed E-state index contributed by atoms with van der Waals surface area (Å²) in [5, 5.41) is 3.39. The Bertz CT molecular complexity index is 538. The standard InChI is InChI=1S/C14H17N3O4/c1-9(2)12(11(16-17-15)14(19)20-3)21-13(18)10-7-5-4-6-8-10/h4-9,11-12H,1-3H3/t11-,12+/m1/s1. The van der Waals surface area contributed by atoms with Crippen LogP contribution in [0.2, 0.25) is 0 Å².